The Morgan fingerprint density at radius 1 is 1.75 bits per heavy atom. The van der Waals surface area contributed by atoms with Crippen molar-refractivity contribution in [2.24, 2.45) is 0 Å². The molecule has 1 saturated heterocycles. The molecule has 5 atom stereocenters. The lowest BCUT2D eigenvalue weighted by atomic mass is 9.97. The minimum Gasteiger partial charge on any atom is -0.394 e. The van der Waals surface area contributed by atoms with Crippen LogP contribution in [0.25, 0.3) is 0 Å². The van der Waals surface area contributed by atoms with Gasteiger partial charge in [0, 0.05) is 9.47 Å². The van der Waals surface area contributed by atoms with E-state index in [4.69, 9.17) is 9.63 Å². The van der Waals surface area contributed by atoms with Crippen LogP contribution in [0.3, 0.4) is 0 Å². The SMILES string of the molecule is O=C1[C@H](OP)[C@H](C(O)CO)N1P. The molecule has 1 aliphatic heterocycles. The molecule has 0 radical (unpaired) electrons. The van der Waals surface area contributed by atoms with Gasteiger partial charge in [-0.2, -0.15) is 0 Å². The Balaban J connectivity index is 2.59. The molecule has 0 aromatic carbocycles. The molecule has 5 nitrogen and oxygen atoms in total. The highest BCUT2D eigenvalue weighted by molar-refractivity contribution is 7.15. The predicted molar refractivity (Wildman–Crippen MR) is 48.0 cm³/mol. The maximum Gasteiger partial charge on any atom is 0.257 e. The van der Waals surface area contributed by atoms with E-state index in [0.29, 0.717) is 0 Å². The topological polar surface area (TPSA) is 70.0 Å². The van der Waals surface area contributed by atoms with E-state index in [-0.39, 0.29) is 12.5 Å². The van der Waals surface area contributed by atoms with Crippen LogP contribution in [0.2, 0.25) is 0 Å². The molecule has 0 bridgehead atoms. The second kappa shape index (κ2) is 3.95. The number of nitrogens with zero attached hydrogens (tertiary/aromatic N) is 1. The lowest BCUT2D eigenvalue weighted by molar-refractivity contribution is -0.159. The van der Waals surface area contributed by atoms with Crippen molar-refractivity contribution in [1.82, 2.24) is 4.67 Å². The predicted octanol–water partition coefficient (Wildman–Crippen LogP) is -1.48. The number of β-lactam (4-membered cyclic amide) rings is 1. The van der Waals surface area contributed by atoms with Crippen LogP contribution in [-0.2, 0) is 9.32 Å². The van der Waals surface area contributed by atoms with Crippen molar-refractivity contribution in [3.63, 3.8) is 0 Å². The van der Waals surface area contributed by atoms with Gasteiger partial charge in [-0.15, -0.1) is 0 Å². The smallest absolute Gasteiger partial charge is 0.257 e. The van der Waals surface area contributed by atoms with Gasteiger partial charge in [0.2, 0.25) is 0 Å². The Morgan fingerprint density at radius 2 is 2.33 bits per heavy atom. The molecule has 1 aliphatic rings. The first-order chi connectivity index (χ1) is 5.63. The molecular formula is C5H11NO4P2. The van der Waals surface area contributed by atoms with E-state index in [9.17, 15) is 9.90 Å². The number of aliphatic hydroxyl groups is 2. The van der Waals surface area contributed by atoms with Gasteiger partial charge in [-0.05, 0) is 9.39 Å². The number of rotatable bonds is 3. The van der Waals surface area contributed by atoms with Crippen LogP contribution in [0.5, 0.6) is 0 Å². The minimum absolute atomic E-state index is 0.215. The highest BCUT2D eigenvalue weighted by atomic mass is 31.0. The summed E-state index contributed by atoms with van der Waals surface area (Å²) < 4.78 is 6.02. The molecule has 0 aromatic heterocycles. The van der Waals surface area contributed by atoms with Gasteiger partial charge in [-0.25, -0.2) is 0 Å². The molecule has 1 rings (SSSR count). The van der Waals surface area contributed by atoms with Crippen LogP contribution < -0.4 is 0 Å². The Morgan fingerprint density at radius 3 is 2.75 bits per heavy atom. The summed E-state index contributed by atoms with van der Waals surface area (Å²) in [5.41, 5.74) is 0. The summed E-state index contributed by atoms with van der Waals surface area (Å²) in [7, 11) is 4.14. The molecule has 0 aliphatic carbocycles. The van der Waals surface area contributed by atoms with Gasteiger partial charge < -0.3 is 19.4 Å². The van der Waals surface area contributed by atoms with Crippen molar-refractivity contribution in [3.8, 4) is 0 Å². The summed E-state index contributed by atoms with van der Waals surface area (Å²) in [4.78, 5) is 11.0. The van der Waals surface area contributed by atoms with Gasteiger partial charge in [0.05, 0.1) is 12.6 Å². The van der Waals surface area contributed by atoms with Crippen LogP contribution in [0.4, 0.5) is 0 Å². The lowest BCUT2D eigenvalue weighted by Crippen LogP contribution is -2.65. The summed E-state index contributed by atoms with van der Waals surface area (Å²) in [5.74, 6) is -0.215. The van der Waals surface area contributed by atoms with Crippen molar-refractivity contribution in [3.05, 3.63) is 0 Å². The monoisotopic (exact) mass is 211 g/mol. The van der Waals surface area contributed by atoms with Gasteiger partial charge in [-0.1, -0.05) is 0 Å². The van der Waals surface area contributed by atoms with Crippen LogP contribution in [0.1, 0.15) is 0 Å². The largest absolute Gasteiger partial charge is 0.394 e. The van der Waals surface area contributed by atoms with Crippen LogP contribution in [-0.4, -0.2) is 45.6 Å². The van der Waals surface area contributed by atoms with E-state index in [2.05, 4.69) is 9.39 Å². The molecule has 1 heterocycles. The first-order valence-corrected chi connectivity index (χ1v) is 4.34. The second-order valence-electron chi connectivity index (χ2n) is 2.54. The third kappa shape index (κ3) is 1.48. The van der Waals surface area contributed by atoms with Gasteiger partial charge in [-0.3, -0.25) is 4.79 Å². The molecule has 0 aromatic rings. The van der Waals surface area contributed by atoms with Crippen LogP contribution in [0.15, 0.2) is 0 Å². The molecule has 0 spiro atoms. The number of hydrogen-bond acceptors (Lipinski definition) is 4. The summed E-state index contributed by atoms with van der Waals surface area (Å²) in [6, 6.07) is -0.468. The van der Waals surface area contributed by atoms with E-state index >= 15 is 0 Å². The Kier molecular flexibility index (Phi) is 3.38. The molecule has 12 heavy (non-hydrogen) atoms. The number of aliphatic hydroxyl groups excluding tert-OH is 2. The molecule has 3 unspecified atom stereocenters. The highest BCUT2D eigenvalue weighted by Crippen LogP contribution is 2.30. The fraction of sp³-hybridized carbons (Fsp3) is 0.800. The minimum atomic E-state index is -0.953. The first kappa shape index (κ1) is 10.3. The van der Waals surface area contributed by atoms with Gasteiger partial charge in [0.25, 0.3) is 5.91 Å². The Labute approximate surface area is 74.6 Å². The number of carbonyl (C=O) groups is 1. The summed E-state index contributed by atoms with van der Waals surface area (Å²) >= 11 is 0. The Bertz CT molecular complexity index is 190. The number of carbonyl (C=O) groups excluding carboxylic acids is 1. The van der Waals surface area contributed by atoms with Crippen LogP contribution in [0, 0.1) is 0 Å². The maximum absolute atomic E-state index is 11.0. The molecule has 1 fully saturated rings. The average Bonchev–Trinajstić information content (AvgIpc) is 2.11. The summed E-state index contributed by atoms with van der Waals surface area (Å²) in [6.45, 7) is -0.382. The maximum atomic E-state index is 11.0. The van der Waals surface area contributed by atoms with Crippen LogP contribution >= 0.6 is 18.9 Å². The van der Waals surface area contributed by atoms with E-state index in [0.717, 1.165) is 0 Å². The zero-order valence-corrected chi connectivity index (χ0v) is 8.56. The van der Waals surface area contributed by atoms with Crippen molar-refractivity contribution in [2.75, 3.05) is 6.61 Å². The van der Waals surface area contributed by atoms with Gasteiger partial charge in [0.1, 0.15) is 6.10 Å². The van der Waals surface area contributed by atoms with E-state index in [1.54, 1.807) is 0 Å². The van der Waals surface area contributed by atoms with E-state index in [1.807, 2.05) is 9.47 Å². The average molecular weight is 211 g/mol. The zero-order chi connectivity index (χ0) is 9.30. The highest BCUT2D eigenvalue weighted by Gasteiger charge is 2.49. The van der Waals surface area contributed by atoms with Gasteiger partial charge >= 0.3 is 0 Å². The number of amides is 1. The lowest BCUT2D eigenvalue weighted by Gasteiger charge is -2.45. The van der Waals surface area contributed by atoms with E-state index in [1.165, 1.54) is 4.67 Å². The summed E-state index contributed by atoms with van der Waals surface area (Å²) in [6.07, 6.45) is -1.61. The standard InChI is InChI=1S/C5H11NO4P2/c7-1-2(8)3-4(10-12)5(9)6(3)11/h2-4,7-8H,1,11-12H2/t2?,3-,4+/m0/s1. The molecule has 2 N–H and O–H groups in total. The van der Waals surface area contributed by atoms with Crippen molar-refractivity contribution >= 4 is 24.8 Å². The quantitative estimate of drug-likeness (QED) is 0.441. The second-order valence-corrected chi connectivity index (χ2v) is 3.37. The summed E-state index contributed by atoms with van der Waals surface area (Å²) in [5, 5.41) is 17.8. The van der Waals surface area contributed by atoms with Crippen molar-refractivity contribution < 1.29 is 19.5 Å². The van der Waals surface area contributed by atoms with Crippen molar-refractivity contribution in [2.45, 2.75) is 18.2 Å². The molecule has 0 saturated carbocycles. The fourth-order valence-electron chi connectivity index (χ4n) is 1.14. The third-order valence-electron chi connectivity index (χ3n) is 1.86. The zero-order valence-electron chi connectivity index (χ0n) is 6.25. The van der Waals surface area contributed by atoms with Crippen molar-refractivity contribution in [1.29, 1.82) is 0 Å². The number of hydrogen-bond donors (Lipinski definition) is 2. The molecule has 7 heteroatoms. The fourth-order valence-corrected chi connectivity index (χ4v) is 1.92. The molecule has 70 valence electrons. The third-order valence-corrected chi connectivity index (χ3v) is 2.75. The Hall–Kier alpha value is 0.210. The van der Waals surface area contributed by atoms with E-state index < -0.39 is 18.2 Å². The molecular weight excluding hydrogens is 200 g/mol. The van der Waals surface area contributed by atoms with Gasteiger partial charge in [0.15, 0.2) is 6.10 Å². The first-order valence-electron chi connectivity index (χ1n) is 3.35. The molecule has 1 amide bonds. The normalized spacial score (nSPS) is 31.7.